The van der Waals surface area contributed by atoms with Gasteiger partial charge in [-0.25, -0.2) is 4.79 Å². The van der Waals surface area contributed by atoms with E-state index in [0.717, 1.165) is 29.7 Å². The minimum Gasteiger partial charge on any atom is -0.352 e. The third-order valence-corrected chi connectivity index (χ3v) is 6.99. The molecule has 1 aliphatic heterocycles. The number of amides is 3. The van der Waals surface area contributed by atoms with Crippen molar-refractivity contribution in [1.29, 1.82) is 0 Å². The molecule has 0 aromatic heterocycles. The van der Waals surface area contributed by atoms with Crippen LogP contribution in [0.5, 0.6) is 0 Å². The number of halogens is 3. The molecule has 1 saturated heterocycles. The van der Waals surface area contributed by atoms with Crippen molar-refractivity contribution in [3.63, 3.8) is 0 Å². The number of carbonyl (C=O) groups excluding carboxylic acids is 2. The van der Waals surface area contributed by atoms with Crippen LogP contribution in [0.3, 0.4) is 0 Å². The lowest BCUT2D eigenvalue weighted by atomic mass is 9.88. The van der Waals surface area contributed by atoms with Gasteiger partial charge in [0.15, 0.2) is 0 Å². The second-order valence-electron chi connectivity index (χ2n) is 9.60. The van der Waals surface area contributed by atoms with E-state index in [0.29, 0.717) is 24.9 Å². The van der Waals surface area contributed by atoms with Crippen LogP contribution in [-0.2, 0) is 30.5 Å². The molecule has 0 bridgehead atoms. The first-order valence-corrected chi connectivity index (χ1v) is 12.9. The van der Waals surface area contributed by atoms with Gasteiger partial charge >= 0.3 is 12.2 Å². The number of rotatable bonds is 7. The molecule has 38 heavy (non-hydrogen) atoms. The molecule has 2 atom stereocenters. The van der Waals surface area contributed by atoms with Crippen molar-refractivity contribution in [3.05, 3.63) is 107 Å². The molecule has 4 rings (SSSR count). The molecule has 3 aromatic carbocycles. The van der Waals surface area contributed by atoms with Crippen molar-refractivity contribution in [3.8, 4) is 0 Å². The van der Waals surface area contributed by atoms with E-state index >= 15 is 0 Å². The summed E-state index contributed by atoms with van der Waals surface area (Å²) >= 11 is 0. The summed E-state index contributed by atoms with van der Waals surface area (Å²) in [7, 11) is 0. The SMILES string of the molecule is CCc1ccc([C@H]2CC[C@H](C(=O)NCc3cccc(C(F)(F)F)c3)CN2C(=O)NCc2ccccc2)cc1. The Morgan fingerprint density at radius 3 is 2.21 bits per heavy atom. The van der Waals surface area contributed by atoms with Gasteiger partial charge < -0.3 is 15.5 Å². The molecular weight excluding hydrogens is 491 g/mol. The summed E-state index contributed by atoms with van der Waals surface area (Å²) < 4.78 is 39.1. The Labute approximate surface area is 221 Å². The Morgan fingerprint density at radius 2 is 1.53 bits per heavy atom. The summed E-state index contributed by atoms with van der Waals surface area (Å²) in [5, 5.41) is 5.75. The van der Waals surface area contributed by atoms with Crippen LogP contribution >= 0.6 is 0 Å². The highest BCUT2D eigenvalue weighted by molar-refractivity contribution is 5.81. The highest BCUT2D eigenvalue weighted by Gasteiger charge is 2.36. The number of benzene rings is 3. The molecule has 2 N–H and O–H groups in total. The van der Waals surface area contributed by atoms with E-state index < -0.39 is 17.7 Å². The van der Waals surface area contributed by atoms with Gasteiger partial charge in [-0.1, -0.05) is 73.7 Å². The number of urea groups is 1. The Kier molecular flexibility index (Phi) is 8.71. The number of nitrogens with zero attached hydrogens (tertiary/aromatic N) is 1. The van der Waals surface area contributed by atoms with Crippen molar-refractivity contribution in [1.82, 2.24) is 15.5 Å². The van der Waals surface area contributed by atoms with Gasteiger partial charge in [0.05, 0.1) is 17.5 Å². The minimum absolute atomic E-state index is 0.0125. The molecule has 200 valence electrons. The monoisotopic (exact) mass is 523 g/mol. The van der Waals surface area contributed by atoms with Crippen molar-refractivity contribution >= 4 is 11.9 Å². The summed E-state index contributed by atoms with van der Waals surface area (Å²) in [5.41, 5.74) is 2.81. The van der Waals surface area contributed by atoms with Crippen molar-refractivity contribution in [2.75, 3.05) is 6.54 Å². The molecule has 3 aromatic rings. The largest absolute Gasteiger partial charge is 0.416 e. The van der Waals surface area contributed by atoms with Gasteiger partial charge in [0.2, 0.25) is 5.91 Å². The van der Waals surface area contributed by atoms with E-state index in [1.54, 1.807) is 11.0 Å². The molecule has 1 aliphatic rings. The van der Waals surface area contributed by atoms with Crippen LogP contribution in [0.25, 0.3) is 0 Å². The number of nitrogens with one attached hydrogen (secondary N) is 2. The van der Waals surface area contributed by atoms with E-state index in [1.807, 2.05) is 42.5 Å². The van der Waals surface area contributed by atoms with Crippen LogP contribution in [0.15, 0.2) is 78.9 Å². The first-order chi connectivity index (χ1) is 18.2. The lowest BCUT2D eigenvalue weighted by molar-refractivity contribution is -0.137. The molecule has 5 nitrogen and oxygen atoms in total. The van der Waals surface area contributed by atoms with Gasteiger partial charge in [-0.2, -0.15) is 13.2 Å². The zero-order chi connectivity index (χ0) is 27.1. The van der Waals surface area contributed by atoms with Crippen LogP contribution in [-0.4, -0.2) is 23.4 Å². The Bertz CT molecular complexity index is 1230. The van der Waals surface area contributed by atoms with Gasteiger partial charge in [0, 0.05) is 19.6 Å². The Balaban J connectivity index is 1.45. The fourth-order valence-electron chi connectivity index (χ4n) is 4.80. The second-order valence-corrected chi connectivity index (χ2v) is 9.60. The number of carbonyl (C=O) groups is 2. The summed E-state index contributed by atoms with van der Waals surface area (Å²) in [6, 6.07) is 22.3. The minimum atomic E-state index is -4.44. The van der Waals surface area contributed by atoms with Gasteiger partial charge in [-0.15, -0.1) is 0 Å². The molecule has 0 aliphatic carbocycles. The van der Waals surface area contributed by atoms with Gasteiger partial charge in [0.25, 0.3) is 0 Å². The zero-order valence-electron chi connectivity index (χ0n) is 21.3. The van der Waals surface area contributed by atoms with E-state index in [9.17, 15) is 22.8 Å². The lowest BCUT2D eigenvalue weighted by Crippen LogP contribution is -2.50. The van der Waals surface area contributed by atoms with Crippen LogP contribution in [0.2, 0.25) is 0 Å². The Morgan fingerprint density at radius 1 is 0.842 bits per heavy atom. The maximum absolute atomic E-state index is 13.3. The molecule has 0 saturated carbocycles. The van der Waals surface area contributed by atoms with Gasteiger partial charge in [-0.05, 0) is 53.6 Å². The highest BCUT2D eigenvalue weighted by Crippen LogP contribution is 2.34. The normalized spacial score (nSPS) is 17.6. The van der Waals surface area contributed by atoms with Crippen molar-refractivity contribution in [2.24, 2.45) is 5.92 Å². The lowest BCUT2D eigenvalue weighted by Gasteiger charge is -2.39. The molecule has 1 heterocycles. The average Bonchev–Trinajstić information content (AvgIpc) is 2.94. The quantitative estimate of drug-likeness (QED) is 0.385. The summed E-state index contributed by atoms with van der Waals surface area (Å²) in [5.74, 6) is -0.738. The molecule has 0 spiro atoms. The number of hydrogen-bond donors (Lipinski definition) is 2. The summed E-state index contributed by atoms with van der Waals surface area (Å²) in [6.07, 6.45) is -2.36. The van der Waals surface area contributed by atoms with E-state index in [2.05, 4.69) is 29.7 Å². The molecule has 8 heteroatoms. The predicted octanol–water partition coefficient (Wildman–Crippen LogP) is 6.25. The van der Waals surface area contributed by atoms with Crippen LogP contribution in [0.4, 0.5) is 18.0 Å². The summed E-state index contributed by atoms with van der Waals surface area (Å²) in [6.45, 7) is 2.65. The van der Waals surface area contributed by atoms with E-state index in [1.165, 1.54) is 11.6 Å². The Hall–Kier alpha value is -3.81. The average molecular weight is 524 g/mol. The second kappa shape index (κ2) is 12.2. The zero-order valence-corrected chi connectivity index (χ0v) is 21.3. The number of piperidine rings is 1. The van der Waals surface area contributed by atoms with Crippen LogP contribution in [0, 0.1) is 5.92 Å². The topological polar surface area (TPSA) is 61.4 Å². The number of likely N-dealkylation sites (tertiary alicyclic amines) is 1. The number of hydrogen-bond acceptors (Lipinski definition) is 2. The van der Waals surface area contributed by atoms with Gasteiger partial charge in [0.1, 0.15) is 0 Å². The van der Waals surface area contributed by atoms with Gasteiger partial charge in [-0.3, -0.25) is 4.79 Å². The molecule has 1 fully saturated rings. The maximum atomic E-state index is 13.3. The number of alkyl halides is 3. The third kappa shape index (κ3) is 6.94. The first-order valence-electron chi connectivity index (χ1n) is 12.9. The van der Waals surface area contributed by atoms with E-state index in [-0.39, 0.29) is 31.1 Å². The van der Waals surface area contributed by atoms with E-state index in [4.69, 9.17) is 0 Å². The van der Waals surface area contributed by atoms with Crippen LogP contribution < -0.4 is 10.6 Å². The molecule has 0 radical (unpaired) electrons. The third-order valence-electron chi connectivity index (χ3n) is 6.99. The molecular formula is C30H32F3N3O2. The fourth-order valence-corrected chi connectivity index (χ4v) is 4.80. The number of aryl methyl sites for hydroxylation is 1. The molecule has 0 unspecified atom stereocenters. The maximum Gasteiger partial charge on any atom is 0.416 e. The van der Waals surface area contributed by atoms with Crippen molar-refractivity contribution < 1.29 is 22.8 Å². The first kappa shape index (κ1) is 27.2. The highest BCUT2D eigenvalue weighted by atomic mass is 19.4. The standard InChI is InChI=1S/C30H32F3N3O2/c1-2-21-11-13-24(14-12-21)27-16-15-25(20-36(27)29(38)35-18-22-7-4-3-5-8-22)28(37)34-19-23-9-6-10-26(17-23)30(31,32)33/h3-14,17,25,27H,2,15-16,18-20H2,1H3,(H,34,37)(H,35,38)/t25-,27+/m0/s1. The smallest absolute Gasteiger partial charge is 0.352 e. The van der Waals surface area contributed by atoms with Crippen LogP contribution in [0.1, 0.15) is 53.6 Å². The predicted molar refractivity (Wildman–Crippen MR) is 140 cm³/mol. The van der Waals surface area contributed by atoms with Crippen molar-refractivity contribution in [2.45, 2.75) is 51.5 Å². The fraction of sp³-hybridized carbons (Fsp3) is 0.333. The summed E-state index contributed by atoms with van der Waals surface area (Å²) in [4.78, 5) is 28.1. The molecule has 3 amide bonds.